The molecule has 0 unspecified atom stereocenters. The highest BCUT2D eigenvalue weighted by atomic mass is 32.1. The maximum absolute atomic E-state index is 12.5. The van der Waals surface area contributed by atoms with Crippen LogP contribution in [0, 0.1) is 5.92 Å². The van der Waals surface area contributed by atoms with E-state index in [2.05, 4.69) is 25.9 Å². The van der Waals surface area contributed by atoms with E-state index in [9.17, 15) is 14.4 Å². The number of rotatable bonds is 3. The van der Waals surface area contributed by atoms with Crippen LogP contribution in [0.1, 0.15) is 25.7 Å². The lowest BCUT2D eigenvalue weighted by Gasteiger charge is -2.33. The van der Waals surface area contributed by atoms with E-state index in [1.54, 1.807) is 12.4 Å². The van der Waals surface area contributed by atoms with Crippen LogP contribution in [0.4, 0.5) is 10.6 Å². The number of hydrogen-bond acceptors (Lipinski definition) is 6. The molecule has 0 bridgehead atoms. The summed E-state index contributed by atoms with van der Waals surface area (Å²) in [5.41, 5.74) is 0.108. The summed E-state index contributed by atoms with van der Waals surface area (Å²) in [5, 5.41) is 10.5. The fourth-order valence-corrected chi connectivity index (χ4v) is 4.20. The van der Waals surface area contributed by atoms with Crippen molar-refractivity contribution in [3.8, 4) is 10.6 Å². The number of thiazole rings is 1. The van der Waals surface area contributed by atoms with Gasteiger partial charge in [-0.2, -0.15) is 0 Å². The standard InChI is InChI=1S/C17H17N5O3S/c23-13(10-1-5-17(6-2-10)15(24)21-16(25)22-17)19-12-9-26-14(20-12)11-3-7-18-8-4-11/h3-4,7-10H,1-2,5-6H2,(H,19,23)(H2,21,22,24,25). The van der Waals surface area contributed by atoms with Crippen molar-refractivity contribution in [3.63, 3.8) is 0 Å². The molecule has 8 nitrogen and oxygen atoms in total. The van der Waals surface area contributed by atoms with Crippen LogP contribution in [-0.4, -0.2) is 33.4 Å². The van der Waals surface area contributed by atoms with E-state index in [4.69, 9.17) is 0 Å². The largest absolute Gasteiger partial charge is 0.323 e. The van der Waals surface area contributed by atoms with E-state index < -0.39 is 11.6 Å². The molecule has 0 aromatic carbocycles. The smallest absolute Gasteiger partial charge is 0.322 e. The molecule has 2 fully saturated rings. The van der Waals surface area contributed by atoms with Crippen LogP contribution < -0.4 is 16.0 Å². The average Bonchev–Trinajstić information content (AvgIpc) is 3.21. The van der Waals surface area contributed by atoms with Gasteiger partial charge in [0.1, 0.15) is 16.4 Å². The molecule has 2 aliphatic rings. The number of pyridine rings is 1. The third-order valence-electron chi connectivity index (χ3n) is 4.91. The first-order chi connectivity index (χ1) is 12.6. The van der Waals surface area contributed by atoms with Gasteiger partial charge in [0.05, 0.1) is 0 Å². The summed E-state index contributed by atoms with van der Waals surface area (Å²) in [5.74, 6) is -0.0602. The second kappa shape index (κ2) is 6.49. The number of urea groups is 1. The first-order valence-corrected chi connectivity index (χ1v) is 9.24. The number of aromatic nitrogens is 2. The summed E-state index contributed by atoms with van der Waals surface area (Å²) in [6.45, 7) is 0. The van der Waals surface area contributed by atoms with E-state index in [-0.39, 0.29) is 17.7 Å². The Morgan fingerprint density at radius 1 is 1.23 bits per heavy atom. The van der Waals surface area contributed by atoms with Crippen LogP contribution in [0.3, 0.4) is 0 Å². The van der Waals surface area contributed by atoms with Gasteiger partial charge in [0, 0.05) is 29.3 Å². The molecule has 2 aromatic heterocycles. The third kappa shape index (κ3) is 3.05. The fourth-order valence-electron chi connectivity index (χ4n) is 3.44. The van der Waals surface area contributed by atoms with Crippen molar-refractivity contribution in [2.24, 2.45) is 5.92 Å². The van der Waals surface area contributed by atoms with Gasteiger partial charge in [-0.25, -0.2) is 9.78 Å². The molecule has 0 radical (unpaired) electrons. The molecule has 0 atom stereocenters. The van der Waals surface area contributed by atoms with E-state index >= 15 is 0 Å². The Hall–Kier alpha value is -2.81. The summed E-state index contributed by atoms with van der Waals surface area (Å²) in [6.07, 6.45) is 5.40. The van der Waals surface area contributed by atoms with Gasteiger partial charge >= 0.3 is 6.03 Å². The number of amides is 4. The molecule has 4 rings (SSSR count). The van der Waals surface area contributed by atoms with Crippen molar-refractivity contribution in [1.29, 1.82) is 0 Å². The molecule has 2 aromatic rings. The first-order valence-electron chi connectivity index (χ1n) is 8.36. The van der Waals surface area contributed by atoms with Crippen molar-refractivity contribution in [3.05, 3.63) is 29.9 Å². The predicted molar refractivity (Wildman–Crippen MR) is 95.3 cm³/mol. The van der Waals surface area contributed by atoms with Crippen LogP contribution in [0.5, 0.6) is 0 Å². The highest BCUT2D eigenvalue weighted by Gasteiger charge is 2.48. The minimum Gasteiger partial charge on any atom is -0.323 e. The van der Waals surface area contributed by atoms with Crippen LogP contribution in [0.15, 0.2) is 29.9 Å². The van der Waals surface area contributed by atoms with E-state index in [1.807, 2.05) is 17.5 Å². The Balaban J connectivity index is 1.37. The number of nitrogens with zero attached hydrogens (tertiary/aromatic N) is 2. The Morgan fingerprint density at radius 3 is 2.62 bits per heavy atom. The van der Waals surface area contributed by atoms with Gasteiger partial charge in [0.25, 0.3) is 5.91 Å². The monoisotopic (exact) mass is 371 g/mol. The van der Waals surface area contributed by atoms with Crippen LogP contribution >= 0.6 is 11.3 Å². The summed E-state index contributed by atoms with van der Waals surface area (Å²) in [7, 11) is 0. The average molecular weight is 371 g/mol. The molecule has 9 heteroatoms. The zero-order valence-electron chi connectivity index (χ0n) is 13.8. The first kappa shape index (κ1) is 16.6. The summed E-state index contributed by atoms with van der Waals surface area (Å²) < 4.78 is 0. The molecule has 3 N–H and O–H groups in total. The Morgan fingerprint density at radius 2 is 1.96 bits per heavy atom. The predicted octanol–water partition coefficient (Wildman–Crippen LogP) is 1.91. The Bertz CT molecular complexity index is 858. The molecule has 1 spiro atoms. The number of carbonyl (C=O) groups is 3. The number of anilines is 1. The SMILES string of the molecule is O=C1NC(=O)C2(CCC(C(=O)Nc3csc(-c4ccncc4)n3)CC2)N1. The van der Waals surface area contributed by atoms with Gasteiger partial charge in [-0.05, 0) is 37.8 Å². The van der Waals surface area contributed by atoms with Crippen molar-refractivity contribution < 1.29 is 14.4 Å². The zero-order valence-corrected chi connectivity index (χ0v) is 14.6. The normalized spacial score (nSPS) is 25.0. The lowest BCUT2D eigenvalue weighted by molar-refractivity contribution is -0.128. The van der Waals surface area contributed by atoms with Gasteiger partial charge < -0.3 is 10.6 Å². The molecule has 1 aliphatic heterocycles. The van der Waals surface area contributed by atoms with Crippen molar-refractivity contribution in [1.82, 2.24) is 20.6 Å². The van der Waals surface area contributed by atoms with E-state index in [0.29, 0.717) is 31.5 Å². The fraction of sp³-hybridized carbons (Fsp3) is 0.353. The molecule has 1 aliphatic carbocycles. The Labute approximate surface area is 153 Å². The molecular weight excluding hydrogens is 354 g/mol. The second-order valence-electron chi connectivity index (χ2n) is 6.53. The van der Waals surface area contributed by atoms with Crippen LogP contribution in [0.2, 0.25) is 0 Å². The number of imide groups is 1. The lowest BCUT2D eigenvalue weighted by atomic mass is 9.76. The molecule has 4 amide bonds. The highest BCUT2D eigenvalue weighted by Crippen LogP contribution is 2.35. The molecule has 1 saturated heterocycles. The van der Waals surface area contributed by atoms with Gasteiger partial charge in [-0.15, -0.1) is 11.3 Å². The quantitative estimate of drug-likeness (QED) is 0.714. The van der Waals surface area contributed by atoms with Gasteiger partial charge in [-0.1, -0.05) is 0 Å². The van der Waals surface area contributed by atoms with Crippen molar-refractivity contribution >= 4 is 35.0 Å². The number of hydrogen-bond donors (Lipinski definition) is 3. The maximum atomic E-state index is 12.5. The molecule has 134 valence electrons. The highest BCUT2D eigenvalue weighted by molar-refractivity contribution is 7.13. The van der Waals surface area contributed by atoms with Crippen molar-refractivity contribution in [2.45, 2.75) is 31.2 Å². The van der Waals surface area contributed by atoms with Crippen LogP contribution in [0.25, 0.3) is 10.6 Å². The zero-order chi connectivity index (χ0) is 18.1. The number of nitrogens with one attached hydrogen (secondary N) is 3. The minimum atomic E-state index is -0.844. The lowest BCUT2D eigenvalue weighted by Crippen LogP contribution is -2.50. The minimum absolute atomic E-state index is 0.101. The molecular formula is C17H17N5O3S. The summed E-state index contributed by atoms with van der Waals surface area (Å²) >= 11 is 1.45. The van der Waals surface area contributed by atoms with E-state index in [1.165, 1.54) is 11.3 Å². The molecule has 26 heavy (non-hydrogen) atoms. The Kier molecular flexibility index (Phi) is 4.15. The summed E-state index contributed by atoms with van der Waals surface area (Å²) in [4.78, 5) is 44.3. The van der Waals surface area contributed by atoms with Gasteiger partial charge in [0.15, 0.2) is 0 Å². The summed E-state index contributed by atoms with van der Waals surface area (Å²) in [6, 6.07) is 3.28. The van der Waals surface area contributed by atoms with Gasteiger partial charge in [-0.3, -0.25) is 19.9 Å². The van der Waals surface area contributed by atoms with Gasteiger partial charge in [0.2, 0.25) is 5.91 Å². The third-order valence-corrected chi connectivity index (χ3v) is 5.80. The van der Waals surface area contributed by atoms with E-state index in [0.717, 1.165) is 10.6 Å². The second-order valence-corrected chi connectivity index (χ2v) is 7.39. The maximum Gasteiger partial charge on any atom is 0.322 e. The molecule has 1 saturated carbocycles. The number of carbonyl (C=O) groups excluding carboxylic acids is 3. The topological polar surface area (TPSA) is 113 Å². The molecule has 3 heterocycles. The van der Waals surface area contributed by atoms with Crippen molar-refractivity contribution in [2.75, 3.05) is 5.32 Å². The van der Waals surface area contributed by atoms with Crippen LogP contribution in [-0.2, 0) is 9.59 Å².